The van der Waals surface area contributed by atoms with E-state index in [9.17, 15) is 22.0 Å². The molecule has 0 aliphatic carbocycles. The Kier molecular flexibility index (Phi) is 4.64. The van der Waals surface area contributed by atoms with Gasteiger partial charge < -0.3 is 4.90 Å². The van der Waals surface area contributed by atoms with Gasteiger partial charge in [0.05, 0.1) is 15.5 Å². The predicted molar refractivity (Wildman–Crippen MR) is 103 cm³/mol. The van der Waals surface area contributed by atoms with Crippen LogP contribution in [0.3, 0.4) is 0 Å². The third-order valence-electron chi connectivity index (χ3n) is 4.36. The summed E-state index contributed by atoms with van der Waals surface area (Å²) >= 11 is 1.33. The molecule has 0 atom stereocenters. The number of halogens is 2. The Bertz CT molecular complexity index is 1140. The number of benzene rings is 2. The summed E-state index contributed by atoms with van der Waals surface area (Å²) in [6, 6.07) is 10.5. The third-order valence-corrected chi connectivity index (χ3v) is 6.58. The average Bonchev–Trinajstić information content (AvgIpc) is 3.30. The highest BCUT2D eigenvalue weighted by atomic mass is 32.2. The summed E-state index contributed by atoms with van der Waals surface area (Å²) in [4.78, 5) is 14.4. The normalized spacial score (nSPS) is 13.4. The van der Waals surface area contributed by atoms with Crippen molar-refractivity contribution in [1.82, 2.24) is 0 Å². The highest BCUT2D eigenvalue weighted by Gasteiger charge is 2.27. The Morgan fingerprint density at radius 3 is 2.50 bits per heavy atom. The zero-order chi connectivity index (χ0) is 19.9. The smallest absolute Gasteiger partial charge is 0.268 e. The van der Waals surface area contributed by atoms with E-state index < -0.39 is 26.6 Å². The molecule has 1 amide bonds. The molecule has 144 valence electrons. The van der Waals surface area contributed by atoms with Crippen molar-refractivity contribution < 1.29 is 22.0 Å². The van der Waals surface area contributed by atoms with Gasteiger partial charge in [0.15, 0.2) is 0 Å². The Labute approximate surface area is 164 Å². The number of hydrogen-bond acceptors (Lipinski definition) is 4. The molecule has 2 heterocycles. The molecule has 0 unspecified atom stereocenters. The molecule has 0 spiro atoms. The molecule has 0 fully saturated rings. The molecule has 1 aliphatic rings. The van der Waals surface area contributed by atoms with Crippen molar-refractivity contribution in [3.05, 3.63) is 76.0 Å². The molecule has 28 heavy (non-hydrogen) atoms. The third kappa shape index (κ3) is 3.50. The number of carbonyl (C=O) groups excluding carboxylic acids is 1. The zero-order valence-electron chi connectivity index (χ0n) is 14.4. The van der Waals surface area contributed by atoms with Gasteiger partial charge in [-0.2, -0.15) is 0 Å². The standard InChI is InChI=1S/C19H14F2N2O3S2/c20-13-8-14(21)10-16(9-13)28(25,26)22-15-4-3-12-5-6-23(17(12)11-15)19(24)18-2-1-7-27-18/h1-4,7-11,22H,5-6H2. The molecule has 3 aromatic rings. The van der Waals surface area contributed by atoms with Gasteiger partial charge in [-0.25, -0.2) is 17.2 Å². The largest absolute Gasteiger partial charge is 0.307 e. The Balaban J connectivity index is 1.64. The summed E-state index contributed by atoms with van der Waals surface area (Å²) in [5, 5.41) is 1.81. The highest BCUT2D eigenvalue weighted by Crippen LogP contribution is 2.33. The molecule has 0 saturated heterocycles. The van der Waals surface area contributed by atoms with Crippen LogP contribution >= 0.6 is 11.3 Å². The van der Waals surface area contributed by atoms with Crippen LogP contribution in [0.25, 0.3) is 0 Å². The molecule has 1 aromatic heterocycles. The molecule has 9 heteroatoms. The average molecular weight is 420 g/mol. The maximum atomic E-state index is 13.4. The van der Waals surface area contributed by atoms with Gasteiger partial charge in [0, 0.05) is 18.3 Å². The summed E-state index contributed by atoms with van der Waals surface area (Å²) in [5.41, 5.74) is 1.74. The number of rotatable bonds is 4. The lowest BCUT2D eigenvalue weighted by atomic mass is 10.1. The van der Waals surface area contributed by atoms with Crippen LogP contribution in [0.1, 0.15) is 15.2 Å². The fourth-order valence-electron chi connectivity index (χ4n) is 3.08. The molecule has 5 nitrogen and oxygen atoms in total. The number of hydrogen-bond donors (Lipinski definition) is 1. The fourth-order valence-corrected chi connectivity index (χ4v) is 4.85. The van der Waals surface area contributed by atoms with Gasteiger partial charge in [-0.3, -0.25) is 9.52 Å². The second-order valence-corrected chi connectivity index (χ2v) is 8.87. The first-order valence-electron chi connectivity index (χ1n) is 8.31. The number of thiophene rings is 1. The van der Waals surface area contributed by atoms with Crippen LogP contribution in [0.15, 0.2) is 58.8 Å². The number of carbonyl (C=O) groups is 1. The quantitative estimate of drug-likeness (QED) is 0.693. The molecule has 0 saturated carbocycles. The molecular formula is C19H14F2N2O3S2. The second kappa shape index (κ2) is 6.99. The van der Waals surface area contributed by atoms with Crippen LogP contribution in [0.5, 0.6) is 0 Å². The lowest BCUT2D eigenvalue weighted by Gasteiger charge is -2.17. The summed E-state index contributed by atoms with van der Waals surface area (Å²) in [5.74, 6) is -2.12. The van der Waals surface area contributed by atoms with Crippen LogP contribution < -0.4 is 9.62 Å². The van der Waals surface area contributed by atoms with Crippen molar-refractivity contribution in [3.63, 3.8) is 0 Å². The van der Waals surface area contributed by atoms with E-state index in [0.29, 0.717) is 29.6 Å². The van der Waals surface area contributed by atoms with Crippen LogP contribution in [0.4, 0.5) is 20.2 Å². The molecule has 1 aliphatic heterocycles. The van der Waals surface area contributed by atoms with E-state index in [-0.39, 0.29) is 11.6 Å². The van der Waals surface area contributed by atoms with E-state index in [1.54, 1.807) is 35.2 Å². The van der Waals surface area contributed by atoms with Crippen LogP contribution in [0.2, 0.25) is 0 Å². The van der Waals surface area contributed by atoms with Crippen molar-refractivity contribution >= 4 is 38.6 Å². The maximum absolute atomic E-state index is 13.4. The van der Waals surface area contributed by atoms with Gasteiger partial charge in [0.1, 0.15) is 11.6 Å². The number of sulfonamides is 1. The van der Waals surface area contributed by atoms with E-state index in [1.807, 2.05) is 5.38 Å². The van der Waals surface area contributed by atoms with E-state index >= 15 is 0 Å². The maximum Gasteiger partial charge on any atom is 0.268 e. The number of amides is 1. The first-order valence-corrected chi connectivity index (χ1v) is 10.7. The van der Waals surface area contributed by atoms with Crippen LogP contribution in [0, 0.1) is 11.6 Å². The van der Waals surface area contributed by atoms with Gasteiger partial charge in [-0.1, -0.05) is 12.1 Å². The number of fused-ring (bicyclic) bond motifs is 1. The van der Waals surface area contributed by atoms with E-state index in [2.05, 4.69) is 4.72 Å². The van der Waals surface area contributed by atoms with Crippen molar-refractivity contribution in [2.75, 3.05) is 16.2 Å². The van der Waals surface area contributed by atoms with Gasteiger partial charge >= 0.3 is 0 Å². The van der Waals surface area contributed by atoms with E-state index in [1.165, 1.54) is 11.3 Å². The lowest BCUT2D eigenvalue weighted by Crippen LogP contribution is -2.28. The first kappa shape index (κ1) is 18.6. The number of nitrogens with one attached hydrogen (secondary N) is 1. The number of nitrogens with zero attached hydrogens (tertiary/aromatic N) is 1. The molecule has 1 N–H and O–H groups in total. The van der Waals surface area contributed by atoms with Crippen molar-refractivity contribution in [1.29, 1.82) is 0 Å². The predicted octanol–water partition coefficient (Wildman–Crippen LogP) is 4.03. The van der Waals surface area contributed by atoms with Crippen molar-refractivity contribution in [3.8, 4) is 0 Å². The molecule has 0 radical (unpaired) electrons. The molecular weight excluding hydrogens is 406 g/mol. The topological polar surface area (TPSA) is 66.5 Å². The summed E-state index contributed by atoms with van der Waals surface area (Å²) in [6.45, 7) is 0.497. The minimum Gasteiger partial charge on any atom is -0.307 e. The van der Waals surface area contributed by atoms with E-state index in [0.717, 1.165) is 17.7 Å². The summed E-state index contributed by atoms with van der Waals surface area (Å²) < 4.78 is 54.0. The van der Waals surface area contributed by atoms with Crippen LogP contribution in [-0.4, -0.2) is 20.9 Å². The summed E-state index contributed by atoms with van der Waals surface area (Å²) in [6.07, 6.45) is 0.661. The first-order chi connectivity index (χ1) is 13.3. The van der Waals surface area contributed by atoms with Gasteiger partial charge in [-0.05, 0) is 47.7 Å². The zero-order valence-corrected chi connectivity index (χ0v) is 16.0. The van der Waals surface area contributed by atoms with Crippen LogP contribution in [-0.2, 0) is 16.4 Å². The van der Waals surface area contributed by atoms with Gasteiger partial charge in [0.2, 0.25) is 0 Å². The van der Waals surface area contributed by atoms with Crippen molar-refractivity contribution in [2.24, 2.45) is 0 Å². The van der Waals surface area contributed by atoms with Gasteiger partial charge in [-0.15, -0.1) is 11.3 Å². The van der Waals surface area contributed by atoms with Gasteiger partial charge in [0.25, 0.3) is 15.9 Å². The minimum absolute atomic E-state index is 0.152. The monoisotopic (exact) mass is 420 g/mol. The Morgan fingerprint density at radius 2 is 1.82 bits per heavy atom. The molecule has 2 aromatic carbocycles. The molecule has 4 rings (SSSR count). The lowest BCUT2D eigenvalue weighted by molar-refractivity contribution is 0.0993. The van der Waals surface area contributed by atoms with Crippen molar-refractivity contribution in [2.45, 2.75) is 11.3 Å². The minimum atomic E-state index is -4.19. The second-order valence-electron chi connectivity index (χ2n) is 6.24. The Hall–Kier alpha value is -2.78. The molecule has 0 bridgehead atoms. The number of anilines is 2. The summed E-state index contributed by atoms with van der Waals surface area (Å²) in [7, 11) is -4.19. The fraction of sp³-hybridized carbons (Fsp3) is 0.105. The van der Waals surface area contributed by atoms with E-state index in [4.69, 9.17) is 0 Å². The highest BCUT2D eigenvalue weighted by molar-refractivity contribution is 7.92. The Morgan fingerprint density at radius 1 is 1.07 bits per heavy atom. The SMILES string of the molecule is O=C(c1cccs1)N1CCc2ccc(NS(=O)(=O)c3cc(F)cc(F)c3)cc21.